The van der Waals surface area contributed by atoms with E-state index in [0.29, 0.717) is 87.3 Å². The molecule has 1 amide bonds. The summed E-state index contributed by atoms with van der Waals surface area (Å²) in [6.45, 7) is 11.0. The first-order chi connectivity index (χ1) is 28.3. The molecule has 10 nitrogen and oxygen atoms in total. The Labute approximate surface area is 363 Å². The SMILES string of the molecule is CC(C)[C@@H](C)[C@@H]1O[C@H]1[C@](C)(O)[C@H]1CC[C@@]2(O)C3=CC(=O)[C@@]45C[C@@H](O)[C@@H](O)[C@@H]6CC[C@@]3(CC[C@]12CCc1cc(O)cc(c1)N1CC[C@@]2(CCCC[C@H]2CSS[C@@H]4O)C1=O)[C@@]65C. The molecule has 330 valence electrons. The molecule has 16 atom stereocenters. The third-order valence-corrected chi connectivity index (χ3v) is 22.5. The minimum absolute atomic E-state index is 0.0739. The van der Waals surface area contributed by atoms with Crippen molar-refractivity contribution in [3.63, 3.8) is 0 Å². The van der Waals surface area contributed by atoms with Crippen molar-refractivity contribution in [1.82, 2.24) is 0 Å². The highest BCUT2D eigenvalue weighted by Crippen LogP contribution is 2.82. The molecular formula is C48H67NO9S2. The largest absolute Gasteiger partial charge is 0.508 e. The summed E-state index contributed by atoms with van der Waals surface area (Å²) in [5.74, 6) is 0.296. The molecule has 1 aromatic rings. The van der Waals surface area contributed by atoms with Gasteiger partial charge in [0.05, 0.1) is 40.3 Å². The average molecular weight is 866 g/mol. The lowest BCUT2D eigenvalue weighted by Gasteiger charge is -2.70. The first kappa shape index (κ1) is 42.3. The second-order valence-electron chi connectivity index (χ2n) is 21.9. The number of hydrogen-bond acceptors (Lipinski definition) is 11. The molecule has 4 spiro atoms. The summed E-state index contributed by atoms with van der Waals surface area (Å²) in [6, 6.07) is 5.49. The Morgan fingerprint density at radius 3 is 2.50 bits per heavy atom. The minimum Gasteiger partial charge on any atom is -0.508 e. The van der Waals surface area contributed by atoms with Gasteiger partial charge in [-0.25, -0.2) is 0 Å². The maximum atomic E-state index is 15.5. The van der Waals surface area contributed by atoms with Crippen LogP contribution >= 0.6 is 21.6 Å². The summed E-state index contributed by atoms with van der Waals surface area (Å²) in [4.78, 5) is 32.1. The van der Waals surface area contributed by atoms with Crippen molar-refractivity contribution in [3.05, 3.63) is 35.4 Å². The molecule has 8 bridgehead atoms. The van der Waals surface area contributed by atoms with Gasteiger partial charge in [-0.05, 0) is 148 Å². The van der Waals surface area contributed by atoms with Crippen molar-refractivity contribution in [3.8, 4) is 5.75 Å². The van der Waals surface area contributed by atoms with E-state index in [1.165, 1.54) is 21.6 Å². The molecule has 5 heterocycles. The lowest BCUT2D eigenvalue weighted by molar-refractivity contribution is -0.228. The number of carbonyl (C=O) groups is 2. The van der Waals surface area contributed by atoms with Crippen molar-refractivity contribution in [1.29, 1.82) is 0 Å². The lowest BCUT2D eigenvalue weighted by Crippen LogP contribution is -2.73. The van der Waals surface area contributed by atoms with Gasteiger partial charge in [0.15, 0.2) is 5.78 Å². The Kier molecular flexibility index (Phi) is 9.83. The number of aliphatic hydroxyl groups is 5. The summed E-state index contributed by atoms with van der Waals surface area (Å²) in [5.41, 5.74) is -6.36. The first-order valence-corrected chi connectivity index (χ1v) is 25.6. The predicted octanol–water partition coefficient (Wildman–Crippen LogP) is 6.71. The van der Waals surface area contributed by atoms with E-state index in [9.17, 15) is 35.4 Å². The molecule has 0 radical (unpaired) electrons. The molecule has 5 aliphatic heterocycles. The molecule has 5 saturated carbocycles. The van der Waals surface area contributed by atoms with Gasteiger partial charge in [-0.15, -0.1) is 0 Å². The zero-order chi connectivity index (χ0) is 42.6. The number of carbonyl (C=O) groups excluding carboxylic acids is 2. The van der Waals surface area contributed by atoms with Crippen LogP contribution in [0.25, 0.3) is 0 Å². The van der Waals surface area contributed by atoms with Gasteiger partial charge in [0.25, 0.3) is 0 Å². The van der Waals surface area contributed by atoms with Crippen LogP contribution in [0.1, 0.15) is 124 Å². The summed E-state index contributed by atoms with van der Waals surface area (Å²) in [6.07, 6.45) is 7.31. The third-order valence-electron chi connectivity index (χ3n) is 19.9. The van der Waals surface area contributed by atoms with Crippen LogP contribution in [0.2, 0.25) is 0 Å². The van der Waals surface area contributed by atoms with Crippen molar-refractivity contribution in [2.45, 2.75) is 166 Å². The number of aromatic hydroxyl groups is 1. The molecular weight excluding hydrogens is 799 g/mol. The normalized spacial score (nSPS) is 48.7. The van der Waals surface area contributed by atoms with E-state index in [1.807, 2.05) is 17.9 Å². The molecule has 12 rings (SSSR count). The Balaban J connectivity index is 1.15. The van der Waals surface area contributed by atoms with Crippen LogP contribution in [0.3, 0.4) is 0 Å². The van der Waals surface area contributed by atoms with Gasteiger partial charge in [0, 0.05) is 34.9 Å². The van der Waals surface area contributed by atoms with Crippen LogP contribution in [-0.2, 0) is 20.7 Å². The summed E-state index contributed by atoms with van der Waals surface area (Å²) in [7, 11) is 2.80. The summed E-state index contributed by atoms with van der Waals surface area (Å²) >= 11 is 0. The Morgan fingerprint density at radius 2 is 1.73 bits per heavy atom. The molecule has 0 aromatic heterocycles. The zero-order valence-electron chi connectivity index (χ0n) is 36.1. The number of rotatable bonds is 4. The van der Waals surface area contributed by atoms with Crippen molar-refractivity contribution in [2.75, 3.05) is 17.2 Å². The van der Waals surface area contributed by atoms with Crippen LogP contribution in [0, 0.1) is 56.7 Å². The number of hydrogen-bond donors (Lipinski definition) is 6. The van der Waals surface area contributed by atoms with E-state index < -0.39 is 67.9 Å². The van der Waals surface area contributed by atoms with Gasteiger partial charge in [0.1, 0.15) is 17.3 Å². The van der Waals surface area contributed by atoms with Gasteiger partial charge in [-0.1, -0.05) is 62.1 Å². The molecule has 11 aliphatic rings. The highest BCUT2D eigenvalue weighted by molar-refractivity contribution is 8.76. The zero-order valence-corrected chi connectivity index (χ0v) is 37.7. The topological polar surface area (TPSA) is 171 Å². The molecule has 60 heavy (non-hydrogen) atoms. The molecule has 1 aromatic carbocycles. The van der Waals surface area contributed by atoms with Crippen molar-refractivity contribution < 1.29 is 45.0 Å². The van der Waals surface area contributed by atoms with Crippen LogP contribution in [-0.4, -0.2) is 95.7 Å². The number of allylic oxidation sites excluding steroid dienone is 1. The fraction of sp³-hybridized carbons (Fsp3) is 0.792. The first-order valence-electron chi connectivity index (χ1n) is 23.2. The quantitative estimate of drug-likeness (QED) is 0.141. The van der Waals surface area contributed by atoms with Crippen molar-refractivity contribution in [2.24, 2.45) is 56.7 Å². The van der Waals surface area contributed by atoms with Crippen LogP contribution in [0.4, 0.5) is 5.69 Å². The highest BCUT2D eigenvalue weighted by Gasteiger charge is 2.82. The number of aryl methyl sites for hydroxylation is 1. The maximum Gasteiger partial charge on any atom is 0.233 e. The molecule has 6 N–H and O–H groups in total. The van der Waals surface area contributed by atoms with Gasteiger partial charge >= 0.3 is 0 Å². The van der Waals surface area contributed by atoms with E-state index >= 15 is 4.79 Å². The Morgan fingerprint density at radius 1 is 0.950 bits per heavy atom. The smallest absolute Gasteiger partial charge is 0.233 e. The Hall–Kier alpha value is -1.64. The summed E-state index contributed by atoms with van der Waals surface area (Å²) in [5, 5.41) is 74.3. The number of ether oxygens (including phenoxy) is 1. The van der Waals surface area contributed by atoms with Crippen molar-refractivity contribution >= 4 is 39.0 Å². The van der Waals surface area contributed by atoms with Crippen LogP contribution < -0.4 is 4.90 Å². The monoisotopic (exact) mass is 865 g/mol. The number of anilines is 1. The number of phenols is 1. The lowest BCUT2D eigenvalue weighted by atomic mass is 9.35. The number of aliphatic hydroxyl groups excluding tert-OH is 3. The Bertz CT molecular complexity index is 1990. The molecule has 12 heteroatoms. The third kappa shape index (κ3) is 5.25. The molecule has 2 saturated heterocycles. The number of fused-ring (bicyclic) bond motifs is 2. The van der Waals surface area contributed by atoms with Gasteiger partial charge in [-0.3, -0.25) is 9.59 Å². The number of benzene rings is 1. The van der Waals surface area contributed by atoms with Gasteiger partial charge in [-0.2, -0.15) is 0 Å². The van der Waals surface area contributed by atoms with Crippen LogP contribution in [0.15, 0.2) is 29.8 Å². The number of nitrogens with zero attached hydrogens (tertiary/aromatic N) is 1. The fourth-order valence-electron chi connectivity index (χ4n) is 16.3. The van der Waals surface area contributed by atoms with Gasteiger partial charge < -0.3 is 40.3 Å². The van der Waals surface area contributed by atoms with E-state index in [1.54, 1.807) is 18.2 Å². The minimum atomic E-state index is -1.50. The fourth-order valence-corrected chi connectivity index (χ4v) is 19.4. The van der Waals surface area contributed by atoms with Gasteiger partial charge in [0.2, 0.25) is 5.91 Å². The number of amides is 1. The standard InChI is InChI=1S/C48H67NO9S2/c1-26(2)27(3)38-39(58-38)42(4,56)34-11-15-48(57)35-23-36(52)47-24-33(51)37(53)32-10-14-45(35,43(32,47)5)16-17-46(34,48)13-9-28-20-30(22-31(50)21-28)49-19-18-44(40(49)54)12-7-6-8-29(44)25-59-60-41(47)55/h20-23,26-27,29,32-34,37-39,41,50-51,53,55-57H,6-19,24-25H2,1-5H3/t27-,29+,32+,33-,34-,37+,38+,39-,41+,42-,43-,44-,45+,46-,47+,48-/m1/s1. The van der Waals surface area contributed by atoms with E-state index in [-0.39, 0.29) is 47.7 Å². The van der Waals surface area contributed by atoms with E-state index in [2.05, 4.69) is 27.7 Å². The molecule has 0 unspecified atom stereocenters. The molecule has 6 aliphatic carbocycles. The maximum absolute atomic E-state index is 15.5. The van der Waals surface area contributed by atoms with E-state index in [4.69, 9.17) is 4.74 Å². The second-order valence-corrected chi connectivity index (χ2v) is 24.4. The number of phenolic OH excluding ortho intramolecular Hbond substituents is 1. The number of ketones is 1. The predicted molar refractivity (Wildman–Crippen MR) is 232 cm³/mol. The highest BCUT2D eigenvalue weighted by atomic mass is 33.1. The summed E-state index contributed by atoms with van der Waals surface area (Å²) < 4.78 is 6.38. The average Bonchev–Trinajstić information content (AvgIpc) is 3.77. The van der Waals surface area contributed by atoms with E-state index in [0.717, 1.165) is 31.2 Å². The second kappa shape index (κ2) is 13.9. The molecule has 7 fully saturated rings. The van der Waals surface area contributed by atoms with Crippen LogP contribution in [0.5, 0.6) is 5.75 Å². The number of epoxide rings is 1.